The van der Waals surface area contributed by atoms with Crippen LogP contribution in [0.25, 0.3) is 0 Å². The van der Waals surface area contributed by atoms with E-state index in [9.17, 15) is 4.79 Å². The number of carbonyl (C=O) groups is 1. The van der Waals surface area contributed by atoms with Crippen molar-refractivity contribution in [3.8, 4) is 0 Å². The number of nitrogens with zero attached hydrogens (tertiary/aromatic N) is 1. The summed E-state index contributed by atoms with van der Waals surface area (Å²) in [5.74, 6) is -0.117. The molecule has 1 aromatic carbocycles. The van der Waals surface area contributed by atoms with Gasteiger partial charge in [0.1, 0.15) is 4.99 Å². The predicted molar refractivity (Wildman–Crippen MR) is 79.5 cm³/mol. The summed E-state index contributed by atoms with van der Waals surface area (Å²) in [6.45, 7) is 2.73. The van der Waals surface area contributed by atoms with Crippen LogP contribution in [0.3, 0.4) is 0 Å². The van der Waals surface area contributed by atoms with Crippen molar-refractivity contribution in [3.63, 3.8) is 0 Å². The van der Waals surface area contributed by atoms with Crippen molar-refractivity contribution in [2.75, 3.05) is 13.1 Å². The third kappa shape index (κ3) is 3.75. The second-order valence-corrected chi connectivity index (χ2v) is 5.45. The Hall–Kier alpha value is -1.46. The van der Waals surface area contributed by atoms with Crippen LogP contribution >= 0.6 is 12.2 Å². The normalized spacial score (nSPS) is 17.3. The highest BCUT2D eigenvalue weighted by Gasteiger charge is 2.22. The van der Waals surface area contributed by atoms with E-state index < -0.39 is 0 Å². The molecular weight excluding hydrogens is 258 g/mol. The third-order valence-corrected chi connectivity index (χ3v) is 3.87. The number of thiocarbonyl (C=S) groups is 1. The summed E-state index contributed by atoms with van der Waals surface area (Å²) in [6.07, 6.45) is 1.72. The highest BCUT2D eigenvalue weighted by atomic mass is 32.1. The lowest BCUT2D eigenvalue weighted by molar-refractivity contribution is -0.123. The minimum atomic E-state index is -0.166. The van der Waals surface area contributed by atoms with Gasteiger partial charge in [-0.2, -0.15) is 0 Å². The maximum atomic E-state index is 11.1. The van der Waals surface area contributed by atoms with Gasteiger partial charge < -0.3 is 11.5 Å². The Bertz CT molecular complexity index is 464. The zero-order valence-corrected chi connectivity index (χ0v) is 11.7. The Morgan fingerprint density at radius 1 is 1.21 bits per heavy atom. The van der Waals surface area contributed by atoms with Crippen molar-refractivity contribution in [2.24, 2.45) is 17.4 Å². The molecule has 0 aromatic heterocycles. The Morgan fingerprint density at radius 3 is 2.26 bits per heavy atom. The summed E-state index contributed by atoms with van der Waals surface area (Å²) in [5.41, 5.74) is 13.0. The monoisotopic (exact) mass is 277 g/mol. The Morgan fingerprint density at radius 2 is 1.79 bits per heavy atom. The van der Waals surface area contributed by atoms with Gasteiger partial charge in [-0.15, -0.1) is 0 Å². The van der Waals surface area contributed by atoms with E-state index in [1.54, 1.807) is 0 Å². The van der Waals surface area contributed by atoms with Gasteiger partial charge in [-0.3, -0.25) is 9.69 Å². The fourth-order valence-electron chi connectivity index (χ4n) is 2.41. The fourth-order valence-corrected chi connectivity index (χ4v) is 2.54. The van der Waals surface area contributed by atoms with E-state index >= 15 is 0 Å². The summed E-state index contributed by atoms with van der Waals surface area (Å²) >= 11 is 4.93. The number of piperidine rings is 1. The van der Waals surface area contributed by atoms with Gasteiger partial charge in [0.05, 0.1) is 0 Å². The van der Waals surface area contributed by atoms with Gasteiger partial charge in [-0.1, -0.05) is 36.5 Å². The topological polar surface area (TPSA) is 72.4 Å². The smallest absolute Gasteiger partial charge is 0.220 e. The lowest BCUT2D eigenvalue weighted by Gasteiger charge is -2.30. The van der Waals surface area contributed by atoms with Crippen LogP contribution in [0.15, 0.2) is 24.3 Å². The van der Waals surface area contributed by atoms with Crippen LogP contribution in [0.2, 0.25) is 0 Å². The van der Waals surface area contributed by atoms with Crippen molar-refractivity contribution < 1.29 is 4.79 Å². The maximum Gasteiger partial charge on any atom is 0.220 e. The molecule has 102 valence electrons. The second-order valence-electron chi connectivity index (χ2n) is 5.01. The lowest BCUT2D eigenvalue weighted by Crippen LogP contribution is -2.38. The Kier molecular flexibility index (Phi) is 4.50. The van der Waals surface area contributed by atoms with Crippen LogP contribution in [0.5, 0.6) is 0 Å². The number of primary amides is 1. The van der Waals surface area contributed by atoms with Crippen molar-refractivity contribution >= 4 is 23.1 Å². The first kappa shape index (κ1) is 14.0. The lowest BCUT2D eigenvalue weighted by atomic mass is 9.96. The standard InChI is InChI=1S/C14H19N3OS/c15-13(18)11-5-7-17(8-6-11)9-10-1-3-12(4-2-10)14(16)19/h1-4,11H,5-9H2,(H2,15,18)(H2,16,19). The first-order valence-electron chi connectivity index (χ1n) is 6.46. The molecule has 1 fully saturated rings. The summed E-state index contributed by atoms with van der Waals surface area (Å²) in [5, 5.41) is 0. The van der Waals surface area contributed by atoms with Gasteiger partial charge >= 0.3 is 0 Å². The molecule has 0 unspecified atom stereocenters. The van der Waals surface area contributed by atoms with Gasteiger partial charge in [-0.05, 0) is 31.5 Å². The summed E-state index contributed by atoms with van der Waals surface area (Å²) < 4.78 is 0. The number of amides is 1. The van der Waals surface area contributed by atoms with E-state index in [2.05, 4.69) is 17.0 Å². The second kappa shape index (κ2) is 6.12. The van der Waals surface area contributed by atoms with E-state index in [0.717, 1.165) is 38.0 Å². The molecule has 5 heteroatoms. The molecule has 1 aromatic rings. The zero-order chi connectivity index (χ0) is 13.8. The minimum Gasteiger partial charge on any atom is -0.389 e. The van der Waals surface area contributed by atoms with Crippen LogP contribution in [-0.4, -0.2) is 28.9 Å². The van der Waals surface area contributed by atoms with Gasteiger partial charge in [-0.25, -0.2) is 0 Å². The molecule has 4 nitrogen and oxygen atoms in total. The molecule has 1 amide bonds. The molecule has 0 bridgehead atoms. The SMILES string of the molecule is NC(=O)C1CCN(Cc2ccc(C(N)=S)cc2)CC1. The quantitative estimate of drug-likeness (QED) is 0.806. The van der Waals surface area contributed by atoms with E-state index in [-0.39, 0.29) is 11.8 Å². The van der Waals surface area contributed by atoms with E-state index in [0.29, 0.717) is 4.99 Å². The van der Waals surface area contributed by atoms with E-state index in [4.69, 9.17) is 23.7 Å². The molecule has 0 saturated carbocycles. The Balaban J connectivity index is 1.88. The summed E-state index contributed by atoms with van der Waals surface area (Å²) in [4.78, 5) is 13.9. The van der Waals surface area contributed by atoms with Crippen molar-refractivity contribution in [1.29, 1.82) is 0 Å². The minimum absolute atomic E-state index is 0.0493. The molecule has 0 aliphatic carbocycles. The first-order chi connectivity index (χ1) is 9.06. The predicted octanol–water partition coefficient (Wildman–Crippen LogP) is 1.02. The molecule has 1 heterocycles. The third-order valence-electron chi connectivity index (χ3n) is 3.63. The highest BCUT2D eigenvalue weighted by Crippen LogP contribution is 2.18. The van der Waals surface area contributed by atoms with Crippen LogP contribution in [0.4, 0.5) is 0 Å². The van der Waals surface area contributed by atoms with Crippen LogP contribution < -0.4 is 11.5 Å². The van der Waals surface area contributed by atoms with Crippen molar-refractivity contribution in [1.82, 2.24) is 4.90 Å². The van der Waals surface area contributed by atoms with E-state index in [1.165, 1.54) is 5.56 Å². The fraction of sp³-hybridized carbons (Fsp3) is 0.429. The number of carbonyl (C=O) groups excluding carboxylic acids is 1. The number of nitrogens with two attached hydrogens (primary N) is 2. The molecule has 1 aliphatic rings. The molecular formula is C14H19N3OS. The average Bonchev–Trinajstić information content (AvgIpc) is 2.40. The van der Waals surface area contributed by atoms with Gasteiger partial charge in [0, 0.05) is 18.0 Å². The molecule has 19 heavy (non-hydrogen) atoms. The molecule has 0 radical (unpaired) electrons. The maximum absolute atomic E-state index is 11.1. The van der Waals surface area contributed by atoms with Crippen LogP contribution in [0, 0.1) is 5.92 Å². The number of likely N-dealkylation sites (tertiary alicyclic amines) is 1. The summed E-state index contributed by atoms with van der Waals surface area (Å²) in [7, 11) is 0. The first-order valence-corrected chi connectivity index (χ1v) is 6.87. The van der Waals surface area contributed by atoms with Crippen LogP contribution in [0.1, 0.15) is 24.0 Å². The van der Waals surface area contributed by atoms with Gasteiger partial charge in [0.15, 0.2) is 0 Å². The number of hydrogen-bond donors (Lipinski definition) is 2. The molecule has 1 aliphatic heterocycles. The highest BCUT2D eigenvalue weighted by molar-refractivity contribution is 7.80. The molecule has 0 spiro atoms. The van der Waals surface area contributed by atoms with Crippen molar-refractivity contribution in [3.05, 3.63) is 35.4 Å². The molecule has 0 atom stereocenters. The Labute approximate surface area is 118 Å². The summed E-state index contributed by atoms with van der Waals surface area (Å²) in [6, 6.07) is 8.00. The molecule has 4 N–H and O–H groups in total. The number of rotatable bonds is 4. The zero-order valence-electron chi connectivity index (χ0n) is 10.8. The number of hydrogen-bond acceptors (Lipinski definition) is 3. The van der Waals surface area contributed by atoms with Gasteiger partial charge in [0.25, 0.3) is 0 Å². The van der Waals surface area contributed by atoms with Gasteiger partial charge in [0.2, 0.25) is 5.91 Å². The average molecular weight is 277 g/mol. The molecule has 1 saturated heterocycles. The molecule has 2 rings (SSSR count). The number of benzene rings is 1. The van der Waals surface area contributed by atoms with E-state index in [1.807, 2.05) is 12.1 Å². The van der Waals surface area contributed by atoms with Crippen molar-refractivity contribution in [2.45, 2.75) is 19.4 Å². The largest absolute Gasteiger partial charge is 0.389 e. The van der Waals surface area contributed by atoms with Crippen LogP contribution in [-0.2, 0) is 11.3 Å².